The van der Waals surface area contributed by atoms with Crippen LogP contribution in [0.5, 0.6) is 5.75 Å². The lowest BCUT2D eigenvalue weighted by molar-refractivity contribution is -0.128. The van der Waals surface area contributed by atoms with Crippen LogP contribution in [0.3, 0.4) is 0 Å². The molecule has 0 unspecified atom stereocenters. The van der Waals surface area contributed by atoms with Gasteiger partial charge in [-0.1, -0.05) is 36.8 Å². The first kappa shape index (κ1) is 14.6. The molecule has 2 fully saturated rings. The van der Waals surface area contributed by atoms with Gasteiger partial charge in [-0.15, -0.1) is 0 Å². The highest BCUT2D eigenvalue weighted by molar-refractivity contribution is 5.84. The Hall–Kier alpha value is -2.03. The Morgan fingerprint density at radius 3 is 2.70 bits per heavy atom. The van der Waals surface area contributed by atoms with Crippen molar-refractivity contribution in [2.24, 2.45) is 11.8 Å². The van der Waals surface area contributed by atoms with Gasteiger partial charge in [0.1, 0.15) is 5.75 Å². The number of hydrogen-bond donors (Lipinski definition) is 1. The maximum absolute atomic E-state index is 12.4. The minimum atomic E-state index is -0.463. The molecule has 3 heteroatoms. The molecule has 2 saturated carbocycles. The molecule has 4 rings (SSSR count). The molecule has 0 aromatic heterocycles. The van der Waals surface area contributed by atoms with Crippen LogP contribution in [0.4, 0.5) is 0 Å². The molecule has 2 aliphatic rings. The van der Waals surface area contributed by atoms with Crippen molar-refractivity contribution in [3.8, 4) is 5.75 Å². The Balaban J connectivity index is 1.39. The predicted octanol–water partition coefficient (Wildman–Crippen LogP) is 3.91. The number of carbonyl (C=O) groups is 1. The van der Waals surface area contributed by atoms with Crippen molar-refractivity contribution in [1.29, 1.82) is 0 Å². The monoisotopic (exact) mass is 309 g/mol. The molecule has 120 valence electrons. The third-order valence-corrected chi connectivity index (χ3v) is 5.47. The second-order valence-corrected chi connectivity index (χ2v) is 7.06. The molecule has 2 aromatic rings. The fourth-order valence-electron chi connectivity index (χ4n) is 4.22. The molecule has 0 radical (unpaired) electrons. The first-order chi connectivity index (χ1) is 11.2. The first-order valence-corrected chi connectivity index (χ1v) is 8.65. The molecule has 0 saturated heterocycles. The van der Waals surface area contributed by atoms with Crippen LogP contribution in [0, 0.1) is 11.8 Å². The second kappa shape index (κ2) is 5.88. The fourth-order valence-corrected chi connectivity index (χ4v) is 4.22. The van der Waals surface area contributed by atoms with Gasteiger partial charge in [0.25, 0.3) is 5.91 Å². The van der Waals surface area contributed by atoms with Crippen molar-refractivity contribution in [3.05, 3.63) is 42.5 Å². The molecular formula is C20H23NO2. The van der Waals surface area contributed by atoms with Gasteiger partial charge in [0.15, 0.2) is 6.10 Å². The van der Waals surface area contributed by atoms with E-state index in [2.05, 4.69) is 17.4 Å². The summed E-state index contributed by atoms with van der Waals surface area (Å²) in [5.41, 5.74) is 0. The Morgan fingerprint density at radius 1 is 1.13 bits per heavy atom. The number of hydrogen-bond acceptors (Lipinski definition) is 2. The predicted molar refractivity (Wildman–Crippen MR) is 91.4 cm³/mol. The number of benzene rings is 2. The van der Waals surface area contributed by atoms with E-state index in [1.807, 2.05) is 37.3 Å². The lowest BCUT2D eigenvalue weighted by atomic mass is 9.95. The van der Waals surface area contributed by atoms with Gasteiger partial charge in [-0.3, -0.25) is 4.79 Å². The molecule has 0 heterocycles. The summed E-state index contributed by atoms with van der Waals surface area (Å²) in [6.45, 7) is 1.83. The minimum Gasteiger partial charge on any atom is -0.481 e. The molecule has 0 spiro atoms. The van der Waals surface area contributed by atoms with E-state index in [0.29, 0.717) is 12.0 Å². The van der Waals surface area contributed by atoms with Gasteiger partial charge in [-0.25, -0.2) is 0 Å². The molecule has 23 heavy (non-hydrogen) atoms. The van der Waals surface area contributed by atoms with Crippen molar-refractivity contribution < 1.29 is 9.53 Å². The summed E-state index contributed by atoms with van der Waals surface area (Å²) in [4.78, 5) is 12.4. The number of nitrogens with one attached hydrogen (secondary N) is 1. The number of carbonyl (C=O) groups excluding carboxylic acids is 1. The Morgan fingerprint density at radius 2 is 1.96 bits per heavy atom. The summed E-state index contributed by atoms with van der Waals surface area (Å²) < 4.78 is 5.86. The number of fused-ring (bicyclic) bond motifs is 3. The second-order valence-electron chi connectivity index (χ2n) is 7.06. The molecule has 2 aliphatic carbocycles. The summed E-state index contributed by atoms with van der Waals surface area (Å²) in [7, 11) is 0. The van der Waals surface area contributed by atoms with Crippen LogP contribution in [0.1, 0.15) is 32.6 Å². The number of rotatable bonds is 4. The Kier molecular flexibility index (Phi) is 3.72. The number of ether oxygens (including phenoxy) is 1. The van der Waals surface area contributed by atoms with Crippen LogP contribution in [-0.4, -0.2) is 18.1 Å². The van der Waals surface area contributed by atoms with E-state index in [1.54, 1.807) is 0 Å². The van der Waals surface area contributed by atoms with Gasteiger partial charge < -0.3 is 10.1 Å². The maximum Gasteiger partial charge on any atom is 0.261 e. The summed E-state index contributed by atoms with van der Waals surface area (Å²) >= 11 is 0. The van der Waals surface area contributed by atoms with Crippen molar-refractivity contribution in [2.75, 3.05) is 0 Å². The molecule has 1 N–H and O–H groups in total. The SMILES string of the molecule is C[C@@H](Oc1ccc2ccccc2c1)C(=O)N[C@H]1C[C@H]2CC[C@H]1C2. The minimum absolute atomic E-state index is 0.00992. The quantitative estimate of drug-likeness (QED) is 0.930. The average molecular weight is 309 g/mol. The molecular weight excluding hydrogens is 286 g/mol. The van der Waals surface area contributed by atoms with Crippen LogP contribution >= 0.6 is 0 Å². The van der Waals surface area contributed by atoms with Crippen molar-refractivity contribution in [3.63, 3.8) is 0 Å². The summed E-state index contributed by atoms with van der Waals surface area (Å²) in [6, 6.07) is 14.5. The van der Waals surface area contributed by atoms with Gasteiger partial charge in [0, 0.05) is 6.04 Å². The average Bonchev–Trinajstić information content (AvgIpc) is 3.17. The van der Waals surface area contributed by atoms with E-state index in [0.717, 1.165) is 23.5 Å². The zero-order chi connectivity index (χ0) is 15.8. The van der Waals surface area contributed by atoms with Crippen molar-refractivity contribution in [2.45, 2.75) is 44.8 Å². The van der Waals surface area contributed by atoms with E-state index in [-0.39, 0.29) is 5.91 Å². The zero-order valence-electron chi connectivity index (χ0n) is 13.5. The zero-order valence-corrected chi connectivity index (χ0v) is 13.5. The normalized spacial score (nSPS) is 27.1. The maximum atomic E-state index is 12.4. The topological polar surface area (TPSA) is 38.3 Å². The highest BCUT2D eigenvalue weighted by Gasteiger charge is 2.40. The summed E-state index contributed by atoms with van der Waals surface area (Å²) in [6.07, 6.45) is 4.61. The van der Waals surface area contributed by atoms with E-state index in [4.69, 9.17) is 4.74 Å². The highest BCUT2D eigenvalue weighted by atomic mass is 16.5. The summed E-state index contributed by atoms with van der Waals surface area (Å²) in [5, 5.41) is 5.51. The first-order valence-electron chi connectivity index (χ1n) is 8.65. The molecule has 3 nitrogen and oxygen atoms in total. The van der Waals surface area contributed by atoms with Gasteiger partial charge in [-0.05, 0) is 60.9 Å². The van der Waals surface area contributed by atoms with E-state index < -0.39 is 6.10 Å². The van der Waals surface area contributed by atoms with Crippen molar-refractivity contribution >= 4 is 16.7 Å². The van der Waals surface area contributed by atoms with Crippen LogP contribution in [0.2, 0.25) is 0 Å². The van der Waals surface area contributed by atoms with Gasteiger partial charge >= 0.3 is 0 Å². The smallest absolute Gasteiger partial charge is 0.261 e. The Labute approximate surface area is 137 Å². The number of amides is 1. The van der Waals surface area contributed by atoms with Crippen LogP contribution in [-0.2, 0) is 4.79 Å². The third-order valence-electron chi connectivity index (χ3n) is 5.47. The summed E-state index contributed by atoms with van der Waals surface area (Å²) in [5.74, 6) is 2.29. The van der Waals surface area contributed by atoms with Crippen LogP contribution in [0.15, 0.2) is 42.5 Å². The van der Waals surface area contributed by atoms with Gasteiger partial charge in [0.2, 0.25) is 0 Å². The molecule has 2 bridgehead atoms. The largest absolute Gasteiger partial charge is 0.481 e. The highest BCUT2D eigenvalue weighted by Crippen LogP contribution is 2.44. The Bertz CT molecular complexity index is 726. The van der Waals surface area contributed by atoms with E-state index >= 15 is 0 Å². The lowest BCUT2D eigenvalue weighted by Crippen LogP contribution is -2.44. The van der Waals surface area contributed by atoms with E-state index in [1.165, 1.54) is 24.6 Å². The van der Waals surface area contributed by atoms with Gasteiger partial charge in [0.05, 0.1) is 0 Å². The third kappa shape index (κ3) is 2.92. The molecule has 2 aromatic carbocycles. The van der Waals surface area contributed by atoms with Gasteiger partial charge in [-0.2, -0.15) is 0 Å². The fraction of sp³-hybridized carbons (Fsp3) is 0.450. The lowest BCUT2D eigenvalue weighted by Gasteiger charge is -2.24. The van der Waals surface area contributed by atoms with E-state index in [9.17, 15) is 4.79 Å². The molecule has 0 aliphatic heterocycles. The standard InChI is InChI=1S/C20H23NO2/c1-13(20(22)21-19-11-14-6-7-17(19)10-14)23-18-9-8-15-4-2-3-5-16(15)12-18/h2-5,8-9,12-14,17,19H,6-7,10-11H2,1H3,(H,21,22)/t13-,14+,17+,19+/m1/s1. The molecule has 4 atom stereocenters. The molecule has 1 amide bonds. The van der Waals surface area contributed by atoms with Crippen LogP contribution in [0.25, 0.3) is 10.8 Å². The van der Waals surface area contributed by atoms with Crippen LogP contribution < -0.4 is 10.1 Å². The van der Waals surface area contributed by atoms with Crippen molar-refractivity contribution in [1.82, 2.24) is 5.32 Å².